The Morgan fingerprint density at radius 2 is 1.45 bits per heavy atom. The van der Waals surface area contributed by atoms with Crippen molar-refractivity contribution in [3.63, 3.8) is 0 Å². The lowest BCUT2D eigenvalue weighted by molar-refractivity contribution is 0.262. The van der Waals surface area contributed by atoms with Gasteiger partial charge in [0.2, 0.25) is 0 Å². The topological polar surface area (TPSA) is 87.3 Å². The van der Waals surface area contributed by atoms with Crippen LogP contribution in [0.25, 0.3) is 0 Å². The Hall–Kier alpha value is -3.03. The van der Waals surface area contributed by atoms with E-state index in [1.165, 1.54) is 6.07 Å². The first kappa shape index (κ1) is 20.7. The van der Waals surface area contributed by atoms with E-state index in [2.05, 4.69) is 15.4 Å². The van der Waals surface area contributed by atoms with Crippen LogP contribution < -0.4 is 15.4 Å². The molecule has 0 aliphatic carbocycles. The second-order valence-corrected chi connectivity index (χ2v) is 8.63. The largest absolute Gasteiger partial charge is 0.323 e. The number of hydrogen-bond acceptors (Lipinski definition) is 3. The molecule has 3 N–H and O–H groups in total. The highest BCUT2D eigenvalue weighted by atomic mass is 35.5. The normalized spacial score (nSPS) is 11.0. The van der Waals surface area contributed by atoms with Crippen LogP contribution in [0.15, 0.2) is 71.6 Å². The number of amides is 2. The molecular formula is C21H20ClN3O3S. The summed E-state index contributed by atoms with van der Waals surface area (Å²) in [5.41, 5.74) is 2.96. The summed E-state index contributed by atoms with van der Waals surface area (Å²) < 4.78 is 28.1. The van der Waals surface area contributed by atoms with Crippen LogP contribution in [0, 0.1) is 13.8 Å². The highest BCUT2D eigenvalue weighted by Gasteiger charge is 2.18. The summed E-state index contributed by atoms with van der Waals surface area (Å²) in [6.07, 6.45) is 0. The molecule has 0 saturated carbocycles. The lowest BCUT2D eigenvalue weighted by atomic mass is 10.2. The first-order chi connectivity index (χ1) is 13.7. The van der Waals surface area contributed by atoms with Gasteiger partial charge in [0.25, 0.3) is 10.0 Å². The van der Waals surface area contributed by atoms with Gasteiger partial charge in [-0.05, 0) is 73.5 Å². The fraction of sp³-hybridized carbons (Fsp3) is 0.0952. The van der Waals surface area contributed by atoms with Crippen molar-refractivity contribution in [2.24, 2.45) is 0 Å². The molecule has 29 heavy (non-hydrogen) atoms. The minimum atomic E-state index is -3.84. The van der Waals surface area contributed by atoms with Gasteiger partial charge < -0.3 is 10.6 Å². The number of carbonyl (C=O) groups excluding carboxylic acids is 1. The molecule has 0 bridgehead atoms. The van der Waals surface area contributed by atoms with Crippen LogP contribution in [0.2, 0.25) is 5.02 Å². The van der Waals surface area contributed by atoms with Crippen LogP contribution in [0.1, 0.15) is 11.1 Å². The molecule has 6 nitrogen and oxygen atoms in total. The van der Waals surface area contributed by atoms with Crippen LogP contribution in [0.5, 0.6) is 0 Å². The number of nitrogens with one attached hydrogen (secondary N) is 3. The van der Waals surface area contributed by atoms with E-state index in [-0.39, 0.29) is 4.90 Å². The average molecular weight is 430 g/mol. The van der Waals surface area contributed by atoms with E-state index < -0.39 is 16.1 Å². The molecule has 0 atom stereocenters. The molecule has 3 aromatic rings. The molecule has 0 spiro atoms. The fourth-order valence-corrected chi connectivity index (χ4v) is 4.17. The Morgan fingerprint density at radius 3 is 2.10 bits per heavy atom. The molecule has 3 rings (SSSR count). The quantitative estimate of drug-likeness (QED) is 0.507. The van der Waals surface area contributed by atoms with Crippen molar-refractivity contribution in [3.05, 3.63) is 82.9 Å². The molecule has 0 fully saturated rings. The minimum absolute atomic E-state index is 0.0702. The van der Waals surface area contributed by atoms with Crippen molar-refractivity contribution in [1.29, 1.82) is 0 Å². The van der Waals surface area contributed by atoms with E-state index in [0.717, 1.165) is 5.56 Å². The zero-order valence-corrected chi connectivity index (χ0v) is 17.4. The third kappa shape index (κ3) is 5.49. The lowest BCUT2D eigenvalue weighted by Crippen LogP contribution is -2.20. The molecule has 0 radical (unpaired) electrons. The summed E-state index contributed by atoms with van der Waals surface area (Å²) in [7, 11) is -3.84. The summed E-state index contributed by atoms with van der Waals surface area (Å²) in [5, 5.41) is 5.89. The summed E-state index contributed by atoms with van der Waals surface area (Å²) in [5.74, 6) is 0. The fourth-order valence-electron chi connectivity index (χ4n) is 2.71. The first-order valence-electron chi connectivity index (χ1n) is 8.77. The van der Waals surface area contributed by atoms with Gasteiger partial charge in [0.1, 0.15) is 0 Å². The maximum absolute atomic E-state index is 12.8. The second kappa shape index (κ2) is 8.55. The lowest BCUT2D eigenvalue weighted by Gasteiger charge is -2.13. The van der Waals surface area contributed by atoms with Gasteiger partial charge in [-0.1, -0.05) is 29.8 Å². The number of anilines is 3. The maximum Gasteiger partial charge on any atom is 0.323 e. The van der Waals surface area contributed by atoms with Crippen molar-refractivity contribution in [1.82, 2.24) is 0 Å². The third-order valence-corrected chi connectivity index (χ3v) is 5.88. The average Bonchev–Trinajstić information content (AvgIpc) is 2.65. The Morgan fingerprint density at radius 1 is 0.828 bits per heavy atom. The van der Waals surface area contributed by atoms with Crippen molar-refractivity contribution in [2.45, 2.75) is 18.7 Å². The van der Waals surface area contributed by atoms with Gasteiger partial charge in [0, 0.05) is 22.1 Å². The van der Waals surface area contributed by atoms with Crippen LogP contribution in [-0.2, 0) is 10.0 Å². The third-order valence-electron chi connectivity index (χ3n) is 4.11. The van der Waals surface area contributed by atoms with E-state index in [0.29, 0.717) is 27.6 Å². The highest BCUT2D eigenvalue weighted by Crippen LogP contribution is 2.24. The van der Waals surface area contributed by atoms with Crippen molar-refractivity contribution < 1.29 is 13.2 Å². The Balaban J connectivity index is 1.78. The molecule has 0 heterocycles. The number of halogens is 1. The summed E-state index contributed by atoms with van der Waals surface area (Å²) >= 11 is 5.84. The first-order valence-corrected chi connectivity index (χ1v) is 10.6. The minimum Gasteiger partial charge on any atom is -0.308 e. The number of carbonyl (C=O) groups is 1. The predicted molar refractivity (Wildman–Crippen MR) is 117 cm³/mol. The number of sulfonamides is 1. The molecule has 8 heteroatoms. The number of aryl methyl sites for hydroxylation is 2. The van der Waals surface area contributed by atoms with E-state index in [1.807, 2.05) is 25.1 Å². The Kier molecular flexibility index (Phi) is 6.10. The Bertz CT molecular complexity index is 1150. The van der Waals surface area contributed by atoms with Crippen molar-refractivity contribution in [2.75, 3.05) is 15.4 Å². The smallest absolute Gasteiger partial charge is 0.308 e. The van der Waals surface area contributed by atoms with Gasteiger partial charge in [-0.2, -0.15) is 0 Å². The molecule has 0 unspecified atom stereocenters. The molecule has 0 aromatic heterocycles. The summed E-state index contributed by atoms with van der Waals surface area (Å²) in [6, 6.07) is 18.0. The van der Waals surface area contributed by atoms with Crippen molar-refractivity contribution in [3.8, 4) is 0 Å². The SMILES string of the molecule is Cc1cccc(NC(=O)Nc2ccc(C)c(S(=O)(=O)Nc3ccc(Cl)cc3)c2)c1. The number of benzene rings is 3. The van der Waals surface area contributed by atoms with Gasteiger partial charge in [0.05, 0.1) is 4.90 Å². The Labute approximate surface area is 175 Å². The number of rotatable bonds is 5. The molecule has 0 aliphatic heterocycles. The van der Waals surface area contributed by atoms with Gasteiger partial charge in [0.15, 0.2) is 0 Å². The van der Waals surface area contributed by atoms with E-state index in [1.54, 1.807) is 49.4 Å². The van der Waals surface area contributed by atoms with Gasteiger partial charge in [-0.15, -0.1) is 0 Å². The molecule has 2 amide bonds. The van der Waals surface area contributed by atoms with Crippen molar-refractivity contribution >= 4 is 44.7 Å². The molecule has 0 saturated heterocycles. The van der Waals surface area contributed by atoms with E-state index in [9.17, 15) is 13.2 Å². The van der Waals surface area contributed by atoms with E-state index >= 15 is 0 Å². The second-order valence-electron chi connectivity index (χ2n) is 6.54. The maximum atomic E-state index is 12.8. The number of hydrogen-bond donors (Lipinski definition) is 3. The highest BCUT2D eigenvalue weighted by molar-refractivity contribution is 7.92. The van der Waals surface area contributed by atoms with Gasteiger partial charge in [-0.3, -0.25) is 4.72 Å². The van der Waals surface area contributed by atoms with Gasteiger partial charge >= 0.3 is 6.03 Å². The van der Waals surface area contributed by atoms with E-state index in [4.69, 9.17) is 11.6 Å². The molecular weight excluding hydrogens is 410 g/mol. The molecule has 0 aliphatic rings. The van der Waals surface area contributed by atoms with Crippen LogP contribution in [-0.4, -0.2) is 14.4 Å². The summed E-state index contributed by atoms with van der Waals surface area (Å²) in [4.78, 5) is 12.3. The summed E-state index contributed by atoms with van der Waals surface area (Å²) in [6.45, 7) is 3.61. The molecule has 3 aromatic carbocycles. The zero-order valence-electron chi connectivity index (χ0n) is 15.9. The van der Waals surface area contributed by atoms with Gasteiger partial charge in [-0.25, -0.2) is 13.2 Å². The monoisotopic (exact) mass is 429 g/mol. The van der Waals surface area contributed by atoms with Crippen LogP contribution in [0.3, 0.4) is 0 Å². The number of urea groups is 1. The predicted octanol–water partition coefficient (Wildman–Crippen LogP) is 5.40. The van der Waals surface area contributed by atoms with Crippen LogP contribution >= 0.6 is 11.6 Å². The zero-order chi connectivity index (χ0) is 21.0. The molecule has 150 valence electrons. The van der Waals surface area contributed by atoms with Crippen LogP contribution in [0.4, 0.5) is 21.9 Å². The standard InChI is InChI=1S/C21H20ClN3O3S/c1-14-4-3-5-18(12-14)23-21(26)24-19-9-6-15(2)20(13-19)29(27,28)25-17-10-7-16(22)8-11-17/h3-13,25H,1-2H3,(H2,23,24,26).